The van der Waals surface area contributed by atoms with Gasteiger partial charge in [-0.05, 0) is 171 Å². The van der Waals surface area contributed by atoms with Crippen molar-refractivity contribution in [2.24, 2.45) is 0 Å². The molecule has 0 atom stereocenters. The first kappa shape index (κ1) is 75.5. The van der Waals surface area contributed by atoms with Crippen LogP contribution in [0.15, 0.2) is 55.8 Å². The van der Waals surface area contributed by atoms with Crippen molar-refractivity contribution in [1.29, 1.82) is 0 Å². The lowest BCUT2D eigenvalue weighted by atomic mass is 10.1. The molecule has 5 aromatic heterocycles. The highest BCUT2D eigenvalue weighted by atomic mass is 16.6. The van der Waals surface area contributed by atoms with Gasteiger partial charge in [0.25, 0.3) is 5.91 Å². The van der Waals surface area contributed by atoms with Gasteiger partial charge in [0.15, 0.2) is 17.5 Å². The molecular formula is C61H81N15O15. The number of alkyl carbamates (subject to hydrolysis) is 1. The normalized spacial score (nSPS) is 15.5. The van der Waals surface area contributed by atoms with E-state index in [0.717, 1.165) is 85.1 Å². The van der Waals surface area contributed by atoms with E-state index in [1.807, 2.05) is 109 Å². The van der Waals surface area contributed by atoms with Crippen LogP contribution in [0.5, 0.6) is 0 Å². The molecule has 0 aromatic carbocycles. The van der Waals surface area contributed by atoms with E-state index in [-0.39, 0.29) is 60.3 Å². The maximum atomic E-state index is 13.4. The summed E-state index contributed by atoms with van der Waals surface area (Å²) in [5, 5.41) is 10.5. The van der Waals surface area contributed by atoms with Crippen LogP contribution in [0.3, 0.4) is 0 Å². The second-order valence-corrected chi connectivity index (χ2v) is 24.8. The molecule has 4 saturated carbocycles. The zero-order chi connectivity index (χ0) is 68.8. The molecule has 0 radical (unpaired) electrons. The molecule has 2 N–H and O–H groups in total. The predicted molar refractivity (Wildman–Crippen MR) is 314 cm³/mol. The molecule has 0 saturated heterocycles. The second-order valence-electron chi connectivity index (χ2n) is 24.8. The van der Waals surface area contributed by atoms with Crippen molar-refractivity contribution >= 4 is 48.8 Å². The fourth-order valence-corrected chi connectivity index (χ4v) is 8.73. The lowest BCUT2D eigenvalue weighted by Gasteiger charge is -2.31. The van der Waals surface area contributed by atoms with Crippen molar-refractivity contribution in [3.05, 3.63) is 113 Å². The van der Waals surface area contributed by atoms with Gasteiger partial charge < -0.3 is 34.6 Å². The van der Waals surface area contributed by atoms with Gasteiger partial charge in [0, 0.05) is 70.2 Å². The molecule has 4 amide bonds. The number of hydrogen-bond donors (Lipinski definition) is 2. The summed E-state index contributed by atoms with van der Waals surface area (Å²) < 4.78 is 17.9. The number of fused-ring (bicyclic) bond motifs is 1. The predicted octanol–water partition coefficient (Wildman–Crippen LogP) is 6.09. The number of carbonyl (C=O) groups is 4. The number of rotatable bonds is 9. The summed E-state index contributed by atoms with van der Waals surface area (Å²) >= 11 is 0. The quantitative estimate of drug-likeness (QED) is 0.158. The Morgan fingerprint density at radius 1 is 0.484 bits per heavy atom. The minimum Gasteiger partial charge on any atom is -0.444 e. The third-order valence-corrected chi connectivity index (χ3v) is 14.0. The molecule has 0 bridgehead atoms. The summed E-state index contributed by atoms with van der Waals surface area (Å²) in [6.07, 6.45) is 23.3. The lowest BCUT2D eigenvalue weighted by molar-refractivity contribution is -0.193. The van der Waals surface area contributed by atoms with Gasteiger partial charge in [-0.1, -0.05) is 0 Å². The number of aromatic nitrogens is 10. The zero-order valence-corrected chi connectivity index (χ0v) is 54.4. The molecule has 0 spiro atoms. The van der Waals surface area contributed by atoms with Gasteiger partial charge >= 0.3 is 42.9 Å². The average Bonchev–Trinajstić information content (AvgIpc) is 1.62. The number of ether oxygens (including phenoxy) is 3. The summed E-state index contributed by atoms with van der Waals surface area (Å²) in [5.74, 6) is 2.84. The summed E-state index contributed by atoms with van der Waals surface area (Å²) in [7, 11) is 5.51. The van der Waals surface area contributed by atoms with Gasteiger partial charge in [-0.15, -0.1) is 0 Å². The van der Waals surface area contributed by atoms with Crippen LogP contribution in [0.25, 0.3) is 0 Å². The highest BCUT2D eigenvalue weighted by molar-refractivity contribution is 5.96. The Labute approximate surface area is 527 Å². The first-order valence-corrected chi connectivity index (χ1v) is 28.7. The van der Waals surface area contributed by atoms with E-state index in [1.165, 1.54) is 0 Å². The number of carbonyl (C=O) groups excluding carboxylic acids is 12. The van der Waals surface area contributed by atoms with Crippen LogP contribution in [0.1, 0.15) is 175 Å². The minimum absolute atomic E-state index is 0.105. The van der Waals surface area contributed by atoms with E-state index in [0.29, 0.717) is 36.1 Å². The number of hydrogen-bond acceptors (Lipinski definition) is 25. The van der Waals surface area contributed by atoms with E-state index >= 15 is 0 Å². The first-order chi connectivity index (χ1) is 42.6. The van der Waals surface area contributed by atoms with Crippen molar-refractivity contribution < 1.29 is 71.7 Å². The largest absolute Gasteiger partial charge is 0.444 e. The summed E-state index contributed by atoms with van der Waals surface area (Å²) in [4.78, 5) is 155. The van der Waals surface area contributed by atoms with Gasteiger partial charge in [-0.2, -0.15) is 43.5 Å². The Morgan fingerprint density at radius 3 is 1.15 bits per heavy atom. The Balaban J connectivity index is 0.000000310. The molecule has 6 heterocycles. The molecule has 4 fully saturated rings. The molecule has 10 rings (SSSR count). The SMILES string of the molecule is CNC1(c2ncc(C)cn2)CC1.Cc1cnc(C2(N(C)C(=O)OC(C)(C)C)CC2)nc1.Cc1cnc(C2(N(C)C(=O)c3cnn4c3CN(C(=O)OC(C)(C)C)CC4)CC2)nc1.Cc1cnc(C2(NC(=O)OC(C)(C)C)CC2)nc1.O=C=O.O=C=O.O=C=O.O=C=O. The number of aryl methyl sites for hydroxylation is 4. The second kappa shape index (κ2) is 32.7. The van der Waals surface area contributed by atoms with E-state index in [4.69, 9.17) is 52.6 Å². The van der Waals surface area contributed by atoms with Crippen molar-refractivity contribution in [3.63, 3.8) is 0 Å². The van der Waals surface area contributed by atoms with Crippen LogP contribution in [0.2, 0.25) is 0 Å². The van der Waals surface area contributed by atoms with Crippen LogP contribution in [-0.4, -0.2) is 158 Å². The molecule has 30 nitrogen and oxygen atoms in total. The minimum atomic E-state index is -0.569. The first-order valence-electron chi connectivity index (χ1n) is 28.7. The Bertz CT molecular complexity index is 3310. The summed E-state index contributed by atoms with van der Waals surface area (Å²) in [6.45, 7) is 25.8. The van der Waals surface area contributed by atoms with Gasteiger partial charge in [0.1, 0.15) is 39.2 Å². The van der Waals surface area contributed by atoms with E-state index in [2.05, 4.69) is 55.6 Å². The summed E-state index contributed by atoms with van der Waals surface area (Å²) in [5.41, 5.74) is 2.63. The standard InChI is InChI=1S/C21H28N6O3.C14H21N3O2.C13H19N3O2.C9H13N3.4CO2/c1-14-10-22-18(23-11-14)21(6-7-21)25(5)17(28)15-12-24-27-9-8-26(13-16(15)27)19(29)30-20(2,3)4;1-10-8-15-11(16-9-10)14(6-7-14)17(5)12(18)19-13(2,3)4;1-9-7-14-10(15-8-9)13(5-6-13)16-11(17)18-12(2,3)4;1-7-5-11-8(12-6-7)9(10-2)3-4-9;4*2-1-3/h10-12H,6-9,13H2,1-5H3;8-9H,6-7H2,1-5H3;7-8H,5-6H2,1-4H3,(H,16,17);5-6,10H,3-4H2,1-2H3;;;;. The van der Waals surface area contributed by atoms with Gasteiger partial charge in [-0.3, -0.25) is 14.4 Å². The van der Waals surface area contributed by atoms with Crippen LogP contribution in [0, 0.1) is 27.7 Å². The monoisotopic (exact) mass is 1260 g/mol. The molecule has 91 heavy (non-hydrogen) atoms. The van der Waals surface area contributed by atoms with Crippen LogP contribution in [0.4, 0.5) is 14.4 Å². The fraction of sp³-hybridized carbons (Fsp3) is 0.557. The molecular weight excluding hydrogens is 1180 g/mol. The third-order valence-electron chi connectivity index (χ3n) is 14.0. The Hall–Kier alpha value is -9.71. The van der Waals surface area contributed by atoms with Gasteiger partial charge in [0.05, 0.1) is 36.1 Å². The average molecular weight is 1260 g/mol. The van der Waals surface area contributed by atoms with E-state index in [9.17, 15) is 19.2 Å². The Kier molecular flexibility index (Phi) is 27.1. The molecule has 1 aliphatic heterocycles. The summed E-state index contributed by atoms with van der Waals surface area (Å²) in [6, 6.07) is 0. The number of nitrogens with zero attached hydrogens (tertiary/aromatic N) is 13. The van der Waals surface area contributed by atoms with Gasteiger partial charge in [-0.25, -0.2) is 54.3 Å². The van der Waals surface area contributed by atoms with Crippen molar-refractivity contribution in [2.45, 2.75) is 193 Å². The highest BCUT2D eigenvalue weighted by Gasteiger charge is 2.55. The zero-order valence-electron chi connectivity index (χ0n) is 54.4. The van der Waals surface area contributed by atoms with Crippen LogP contribution >= 0.6 is 0 Å². The smallest absolute Gasteiger partial charge is 0.410 e. The van der Waals surface area contributed by atoms with Crippen molar-refractivity contribution in [1.82, 2.24) is 75.0 Å². The molecule has 5 aliphatic rings. The molecule has 5 aromatic rings. The maximum absolute atomic E-state index is 13.4. The van der Waals surface area contributed by atoms with Crippen LogP contribution < -0.4 is 10.6 Å². The van der Waals surface area contributed by atoms with E-state index < -0.39 is 34.0 Å². The van der Waals surface area contributed by atoms with Crippen LogP contribution in [-0.2, 0) is 87.8 Å². The fourth-order valence-electron chi connectivity index (χ4n) is 8.73. The molecule has 4 aliphatic carbocycles. The van der Waals surface area contributed by atoms with Gasteiger partial charge in [0.2, 0.25) is 0 Å². The van der Waals surface area contributed by atoms with Crippen molar-refractivity contribution in [3.8, 4) is 0 Å². The highest BCUT2D eigenvalue weighted by Crippen LogP contribution is 2.50. The number of nitrogens with one attached hydrogen (secondary N) is 2. The maximum Gasteiger partial charge on any atom is 0.410 e. The Morgan fingerprint density at radius 2 is 0.824 bits per heavy atom. The molecule has 30 heteroatoms. The van der Waals surface area contributed by atoms with Crippen molar-refractivity contribution in [2.75, 3.05) is 27.7 Å². The lowest BCUT2D eigenvalue weighted by Crippen LogP contribution is -2.43. The molecule has 490 valence electrons. The third kappa shape index (κ3) is 22.7. The van der Waals surface area contributed by atoms with E-state index in [1.54, 1.807) is 76.9 Å². The topological polar surface area (TPSA) is 387 Å². The molecule has 0 unspecified atom stereocenters. The number of amides is 4.